The van der Waals surface area contributed by atoms with Gasteiger partial charge in [0.05, 0.1) is 7.11 Å². The molecule has 19 heavy (non-hydrogen) atoms. The van der Waals surface area contributed by atoms with Gasteiger partial charge in [-0.1, -0.05) is 6.07 Å². The van der Waals surface area contributed by atoms with Gasteiger partial charge in [0.2, 0.25) is 0 Å². The van der Waals surface area contributed by atoms with E-state index in [1.54, 1.807) is 7.11 Å². The molecule has 1 saturated carbocycles. The molecule has 104 valence electrons. The van der Waals surface area contributed by atoms with Gasteiger partial charge in [-0.25, -0.2) is 0 Å². The monoisotopic (exact) mass is 279 g/mol. The molecule has 2 aliphatic rings. The topological polar surface area (TPSA) is 44.5 Å². The first-order valence-corrected chi connectivity index (χ1v) is 8.08. The highest BCUT2D eigenvalue weighted by atomic mass is 32.2. The first-order chi connectivity index (χ1) is 9.21. The summed E-state index contributed by atoms with van der Waals surface area (Å²) >= 11 is 2.01. The molecule has 1 aromatic carbocycles. The highest BCUT2D eigenvalue weighted by molar-refractivity contribution is 7.99. The van der Waals surface area contributed by atoms with Gasteiger partial charge in [-0.15, -0.1) is 0 Å². The summed E-state index contributed by atoms with van der Waals surface area (Å²) in [5.41, 5.74) is 7.32. The van der Waals surface area contributed by atoms with Crippen molar-refractivity contribution in [1.82, 2.24) is 0 Å². The number of ether oxygens (including phenoxy) is 2. The van der Waals surface area contributed by atoms with Crippen molar-refractivity contribution in [2.24, 2.45) is 5.73 Å². The van der Waals surface area contributed by atoms with Crippen LogP contribution < -0.4 is 15.2 Å². The normalized spacial score (nSPS) is 22.0. The maximum atomic E-state index is 6.26. The van der Waals surface area contributed by atoms with Crippen LogP contribution in [-0.4, -0.2) is 24.7 Å². The van der Waals surface area contributed by atoms with Crippen LogP contribution in [0.4, 0.5) is 0 Å². The van der Waals surface area contributed by atoms with Crippen molar-refractivity contribution < 1.29 is 9.47 Å². The summed E-state index contributed by atoms with van der Waals surface area (Å²) in [6.07, 6.45) is 4.69. The van der Waals surface area contributed by atoms with E-state index in [9.17, 15) is 0 Å². The van der Waals surface area contributed by atoms with Crippen molar-refractivity contribution in [3.05, 3.63) is 23.8 Å². The van der Waals surface area contributed by atoms with Crippen molar-refractivity contribution in [3.63, 3.8) is 0 Å². The molecular weight excluding hydrogens is 258 g/mol. The van der Waals surface area contributed by atoms with Crippen molar-refractivity contribution >= 4 is 11.8 Å². The zero-order chi connectivity index (χ0) is 13.3. The number of nitrogens with two attached hydrogens (primary N) is 1. The van der Waals surface area contributed by atoms with Crippen LogP contribution in [0.3, 0.4) is 0 Å². The number of rotatable bonds is 4. The summed E-state index contributed by atoms with van der Waals surface area (Å²) < 4.78 is 11.6. The molecule has 2 N–H and O–H groups in total. The fourth-order valence-corrected chi connectivity index (χ4v) is 3.54. The molecule has 0 radical (unpaired) electrons. The number of methoxy groups -OCH3 is 1. The van der Waals surface area contributed by atoms with E-state index in [4.69, 9.17) is 15.2 Å². The quantitative estimate of drug-likeness (QED) is 0.920. The molecule has 1 aliphatic carbocycles. The molecule has 1 aromatic rings. The summed E-state index contributed by atoms with van der Waals surface area (Å²) in [5, 5.41) is 0. The maximum absolute atomic E-state index is 6.26. The third-order valence-electron chi connectivity index (χ3n) is 3.99. The minimum Gasteiger partial charge on any atom is -0.493 e. The molecule has 4 heteroatoms. The lowest BCUT2D eigenvalue weighted by Gasteiger charge is -2.24. The van der Waals surface area contributed by atoms with Gasteiger partial charge in [0.15, 0.2) is 11.5 Å². The van der Waals surface area contributed by atoms with Gasteiger partial charge < -0.3 is 15.2 Å². The van der Waals surface area contributed by atoms with Gasteiger partial charge in [0, 0.05) is 5.54 Å². The number of benzene rings is 1. The molecule has 0 unspecified atom stereocenters. The standard InChI is InChI=1S/C15H21NO2S/c1-17-13-3-2-11(15(16)6-7-15)10-14(13)18-12-4-8-19-9-5-12/h2-3,10,12H,4-9,16H2,1H3. The summed E-state index contributed by atoms with van der Waals surface area (Å²) in [6, 6.07) is 6.12. The summed E-state index contributed by atoms with van der Waals surface area (Å²) in [7, 11) is 1.69. The second-order valence-electron chi connectivity index (χ2n) is 5.45. The van der Waals surface area contributed by atoms with Gasteiger partial charge >= 0.3 is 0 Å². The van der Waals surface area contributed by atoms with Crippen molar-refractivity contribution in [2.45, 2.75) is 37.3 Å². The maximum Gasteiger partial charge on any atom is 0.161 e. The van der Waals surface area contributed by atoms with E-state index in [0.29, 0.717) is 6.10 Å². The smallest absolute Gasteiger partial charge is 0.161 e. The second-order valence-corrected chi connectivity index (χ2v) is 6.68. The van der Waals surface area contributed by atoms with Crippen LogP contribution in [0, 0.1) is 0 Å². The Balaban J connectivity index is 1.80. The molecule has 0 amide bonds. The van der Waals surface area contributed by atoms with Crippen molar-refractivity contribution in [3.8, 4) is 11.5 Å². The lowest BCUT2D eigenvalue weighted by Crippen LogP contribution is -2.23. The highest BCUT2D eigenvalue weighted by Gasteiger charge is 2.40. The van der Waals surface area contributed by atoms with Crippen LogP contribution in [0.1, 0.15) is 31.2 Å². The Morgan fingerprint density at radius 3 is 2.58 bits per heavy atom. The van der Waals surface area contributed by atoms with Crippen molar-refractivity contribution in [2.75, 3.05) is 18.6 Å². The van der Waals surface area contributed by atoms with E-state index in [1.807, 2.05) is 17.8 Å². The van der Waals surface area contributed by atoms with E-state index < -0.39 is 0 Å². The molecule has 1 aliphatic heterocycles. The first kappa shape index (κ1) is 13.1. The van der Waals surface area contributed by atoms with Crippen LogP contribution >= 0.6 is 11.8 Å². The summed E-state index contributed by atoms with van der Waals surface area (Å²) in [6.45, 7) is 0. The van der Waals surface area contributed by atoms with E-state index >= 15 is 0 Å². The molecule has 0 bridgehead atoms. The summed E-state index contributed by atoms with van der Waals surface area (Å²) in [4.78, 5) is 0. The molecule has 0 aromatic heterocycles. The zero-order valence-corrected chi connectivity index (χ0v) is 12.2. The van der Waals surface area contributed by atoms with Crippen LogP contribution in [0.2, 0.25) is 0 Å². The molecule has 2 fully saturated rings. The summed E-state index contributed by atoms with van der Waals surface area (Å²) in [5.74, 6) is 4.04. The van der Waals surface area contributed by atoms with E-state index in [1.165, 1.54) is 17.1 Å². The third kappa shape index (κ3) is 2.84. The Labute approximate surface area is 118 Å². The van der Waals surface area contributed by atoms with Gasteiger partial charge in [-0.2, -0.15) is 11.8 Å². The molecule has 0 atom stereocenters. The molecule has 3 rings (SSSR count). The van der Waals surface area contributed by atoms with Crippen LogP contribution in [-0.2, 0) is 5.54 Å². The average molecular weight is 279 g/mol. The van der Waals surface area contributed by atoms with Crippen molar-refractivity contribution in [1.29, 1.82) is 0 Å². The van der Waals surface area contributed by atoms with Crippen LogP contribution in [0.15, 0.2) is 18.2 Å². The van der Waals surface area contributed by atoms with Gasteiger partial charge in [-0.05, 0) is 54.9 Å². The average Bonchev–Trinajstić information content (AvgIpc) is 3.19. The van der Waals surface area contributed by atoms with Gasteiger partial charge in [0.25, 0.3) is 0 Å². The lowest BCUT2D eigenvalue weighted by atomic mass is 10.1. The Morgan fingerprint density at radius 1 is 1.21 bits per heavy atom. The third-order valence-corrected chi connectivity index (χ3v) is 5.04. The van der Waals surface area contributed by atoms with E-state index in [2.05, 4.69) is 12.1 Å². The number of thioether (sulfide) groups is 1. The zero-order valence-electron chi connectivity index (χ0n) is 11.4. The number of hydrogen-bond donors (Lipinski definition) is 1. The predicted octanol–water partition coefficient (Wildman–Crippen LogP) is 2.92. The Bertz CT molecular complexity index is 453. The number of hydrogen-bond acceptors (Lipinski definition) is 4. The van der Waals surface area contributed by atoms with E-state index in [0.717, 1.165) is 37.2 Å². The Morgan fingerprint density at radius 2 is 1.95 bits per heavy atom. The first-order valence-electron chi connectivity index (χ1n) is 6.93. The fraction of sp³-hybridized carbons (Fsp3) is 0.600. The minimum atomic E-state index is -0.118. The molecule has 1 saturated heterocycles. The SMILES string of the molecule is COc1ccc(C2(N)CC2)cc1OC1CCSCC1. The van der Waals surface area contributed by atoms with Gasteiger partial charge in [0.1, 0.15) is 6.10 Å². The molecule has 1 heterocycles. The lowest BCUT2D eigenvalue weighted by molar-refractivity contribution is 0.184. The largest absolute Gasteiger partial charge is 0.493 e. The molecule has 3 nitrogen and oxygen atoms in total. The highest BCUT2D eigenvalue weighted by Crippen LogP contribution is 2.45. The Kier molecular flexibility index (Phi) is 3.63. The fourth-order valence-electron chi connectivity index (χ4n) is 2.48. The molecule has 0 spiro atoms. The van der Waals surface area contributed by atoms with Crippen LogP contribution in [0.5, 0.6) is 11.5 Å². The predicted molar refractivity (Wildman–Crippen MR) is 79.1 cm³/mol. The molecular formula is C15H21NO2S. The van der Waals surface area contributed by atoms with E-state index in [-0.39, 0.29) is 5.54 Å². The van der Waals surface area contributed by atoms with Crippen LogP contribution in [0.25, 0.3) is 0 Å². The Hall–Kier alpha value is -0.870. The van der Waals surface area contributed by atoms with Gasteiger partial charge in [-0.3, -0.25) is 0 Å². The minimum absolute atomic E-state index is 0.118. The second kappa shape index (κ2) is 5.25.